The normalized spacial score (nSPS) is 12.8. The zero-order valence-corrected chi connectivity index (χ0v) is 11.7. The van der Waals surface area contributed by atoms with E-state index in [1.807, 2.05) is 36.3 Å². The summed E-state index contributed by atoms with van der Waals surface area (Å²) in [6.07, 6.45) is 4.63. The maximum atomic E-state index is 6.45. The van der Waals surface area contributed by atoms with Crippen molar-refractivity contribution in [2.45, 2.75) is 19.4 Å². The molecule has 3 aromatic rings. The van der Waals surface area contributed by atoms with E-state index in [1.165, 1.54) is 0 Å². The molecule has 20 heavy (non-hydrogen) atoms. The van der Waals surface area contributed by atoms with Crippen molar-refractivity contribution in [1.29, 1.82) is 0 Å². The van der Waals surface area contributed by atoms with E-state index in [4.69, 9.17) is 5.73 Å². The van der Waals surface area contributed by atoms with E-state index >= 15 is 0 Å². The number of nitrogens with zero attached hydrogens (tertiary/aromatic N) is 3. The standard InChI is InChI=1S/C16H18N4/c1-3-12-8-15(20(2)19-12)16(17)14-10-18-9-11-6-4-5-7-13(11)14/h4-10,16H,3,17H2,1-2H3. The summed E-state index contributed by atoms with van der Waals surface area (Å²) in [5.41, 5.74) is 9.56. The monoisotopic (exact) mass is 266 g/mol. The minimum Gasteiger partial charge on any atom is -0.319 e. The molecule has 0 saturated carbocycles. The molecule has 2 N–H and O–H groups in total. The molecule has 0 saturated heterocycles. The number of pyridine rings is 1. The SMILES string of the molecule is CCc1cc(C(N)c2cncc3ccccc23)n(C)n1. The quantitative estimate of drug-likeness (QED) is 0.792. The summed E-state index contributed by atoms with van der Waals surface area (Å²) in [7, 11) is 1.94. The number of nitrogens with two attached hydrogens (primary N) is 1. The Bertz CT molecular complexity index is 740. The molecule has 0 fully saturated rings. The summed E-state index contributed by atoms with van der Waals surface area (Å²) in [6, 6.07) is 10.0. The van der Waals surface area contributed by atoms with Gasteiger partial charge in [0.05, 0.1) is 17.4 Å². The largest absolute Gasteiger partial charge is 0.319 e. The molecule has 4 heteroatoms. The Hall–Kier alpha value is -2.20. The molecule has 0 aliphatic heterocycles. The van der Waals surface area contributed by atoms with E-state index in [1.54, 1.807) is 0 Å². The van der Waals surface area contributed by atoms with E-state index in [0.29, 0.717) is 0 Å². The van der Waals surface area contributed by atoms with Gasteiger partial charge in [-0.1, -0.05) is 31.2 Å². The van der Waals surface area contributed by atoms with Gasteiger partial charge in [-0.3, -0.25) is 9.67 Å². The highest BCUT2D eigenvalue weighted by Gasteiger charge is 2.17. The zero-order chi connectivity index (χ0) is 14.1. The Morgan fingerprint density at radius 2 is 2.05 bits per heavy atom. The van der Waals surface area contributed by atoms with Gasteiger partial charge in [-0.15, -0.1) is 0 Å². The van der Waals surface area contributed by atoms with Crippen molar-refractivity contribution >= 4 is 10.8 Å². The zero-order valence-electron chi connectivity index (χ0n) is 11.7. The second-order valence-corrected chi connectivity index (χ2v) is 4.97. The Balaban J connectivity index is 2.12. The van der Waals surface area contributed by atoms with Gasteiger partial charge in [-0.2, -0.15) is 5.10 Å². The van der Waals surface area contributed by atoms with Crippen LogP contribution in [0.2, 0.25) is 0 Å². The third-order valence-electron chi connectivity index (χ3n) is 3.68. The van der Waals surface area contributed by atoms with Gasteiger partial charge in [0.2, 0.25) is 0 Å². The topological polar surface area (TPSA) is 56.7 Å². The summed E-state index contributed by atoms with van der Waals surface area (Å²) in [6.45, 7) is 2.09. The Morgan fingerprint density at radius 3 is 2.80 bits per heavy atom. The fraction of sp³-hybridized carbons (Fsp3) is 0.250. The van der Waals surface area contributed by atoms with Crippen LogP contribution in [-0.2, 0) is 13.5 Å². The molecule has 102 valence electrons. The van der Waals surface area contributed by atoms with Gasteiger partial charge in [-0.25, -0.2) is 0 Å². The first-order chi connectivity index (χ1) is 9.70. The molecule has 0 radical (unpaired) electrons. The number of aromatic nitrogens is 3. The lowest BCUT2D eigenvalue weighted by Gasteiger charge is -2.14. The minimum absolute atomic E-state index is 0.216. The number of hydrogen-bond donors (Lipinski definition) is 1. The second kappa shape index (κ2) is 5.06. The van der Waals surface area contributed by atoms with Crippen LogP contribution in [0.15, 0.2) is 42.7 Å². The summed E-state index contributed by atoms with van der Waals surface area (Å²) in [5, 5.41) is 6.73. The van der Waals surface area contributed by atoms with Crippen LogP contribution in [0.3, 0.4) is 0 Å². The van der Waals surface area contributed by atoms with Crippen LogP contribution in [0.5, 0.6) is 0 Å². The Morgan fingerprint density at radius 1 is 1.25 bits per heavy atom. The molecular weight excluding hydrogens is 248 g/mol. The van der Waals surface area contributed by atoms with Gasteiger partial charge < -0.3 is 5.73 Å². The molecule has 3 rings (SSSR count). The van der Waals surface area contributed by atoms with Crippen LogP contribution in [0, 0.1) is 0 Å². The number of aryl methyl sites for hydroxylation is 2. The van der Waals surface area contributed by atoms with Gasteiger partial charge in [0.1, 0.15) is 0 Å². The fourth-order valence-corrected chi connectivity index (χ4v) is 2.55. The molecule has 1 unspecified atom stereocenters. The van der Waals surface area contributed by atoms with Gasteiger partial charge in [0.25, 0.3) is 0 Å². The van der Waals surface area contributed by atoms with Crippen LogP contribution >= 0.6 is 0 Å². The number of fused-ring (bicyclic) bond motifs is 1. The van der Waals surface area contributed by atoms with Gasteiger partial charge in [-0.05, 0) is 17.9 Å². The first-order valence-corrected chi connectivity index (χ1v) is 6.81. The van der Waals surface area contributed by atoms with Crippen molar-refractivity contribution in [3.63, 3.8) is 0 Å². The van der Waals surface area contributed by atoms with Crippen molar-refractivity contribution in [2.75, 3.05) is 0 Å². The van der Waals surface area contributed by atoms with Crippen molar-refractivity contribution in [2.24, 2.45) is 12.8 Å². The van der Waals surface area contributed by atoms with Crippen LogP contribution < -0.4 is 5.73 Å². The van der Waals surface area contributed by atoms with Gasteiger partial charge in [0, 0.05) is 30.4 Å². The van der Waals surface area contributed by atoms with E-state index in [2.05, 4.69) is 35.2 Å². The molecule has 0 bridgehead atoms. The molecule has 0 aliphatic carbocycles. The van der Waals surface area contributed by atoms with Crippen LogP contribution in [0.1, 0.15) is 29.9 Å². The average Bonchev–Trinajstić information content (AvgIpc) is 2.87. The van der Waals surface area contributed by atoms with E-state index in [-0.39, 0.29) is 6.04 Å². The highest BCUT2D eigenvalue weighted by atomic mass is 15.3. The van der Waals surface area contributed by atoms with Gasteiger partial charge in [0.15, 0.2) is 0 Å². The molecule has 0 spiro atoms. The minimum atomic E-state index is -0.216. The number of benzene rings is 1. The summed E-state index contributed by atoms with van der Waals surface area (Å²) < 4.78 is 1.87. The van der Waals surface area contributed by atoms with Crippen molar-refractivity contribution in [3.8, 4) is 0 Å². The highest BCUT2D eigenvalue weighted by molar-refractivity contribution is 5.85. The summed E-state index contributed by atoms with van der Waals surface area (Å²) >= 11 is 0. The molecular formula is C16H18N4. The van der Waals surface area contributed by atoms with Crippen molar-refractivity contribution in [3.05, 3.63) is 59.7 Å². The van der Waals surface area contributed by atoms with E-state index in [0.717, 1.165) is 34.1 Å². The van der Waals surface area contributed by atoms with Crippen LogP contribution in [-0.4, -0.2) is 14.8 Å². The Kier molecular flexibility index (Phi) is 3.24. The van der Waals surface area contributed by atoms with Crippen molar-refractivity contribution < 1.29 is 0 Å². The lowest BCUT2D eigenvalue weighted by molar-refractivity contribution is 0.667. The molecule has 1 aromatic carbocycles. The first-order valence-electron chi connectivity index (χ1n) is 6.81. The summed E-state index contributed by atoms with van der Waals surface area (Å²) in [4.78, 5) is 4.31. The average molecular weight is 266 g/mol. The van der Waals surface area contributed by atoms with Crippen LogP contribution in [0.4, 0.5) is 0 Å². The third kappa shape index (κ3) is 2.08. The smallest absolute Gasteiger partial charge is 0.0744 e. The molecule has 0 aliphatic rings. The maximum absolute atomic E-state index is 6.45. The second-order valence-electron chi connectivity index (χ2n) is 4.97. The first kappa shape index (κ1) is 12.8. The molecule has 4 nitrogen and oxygen atoms in total. The molecule has 1 atom stereocenters. The lowest BCUT2D eigenvalue weighted by atomic mass is 10.00. The highest BCUT2D eigenvalue weighted by Crippen LogP contribution is 2.26. The lowest BCUT2D eigenvalue weighted by Crippen LogP contribution is -2.16. The fourth-order valence-electron chi connectivity index (χ4n) is 2.55. The number of hydrogen-bond acceptors (Lipinski definition) is 3. The molecule has 2 aromatic heterocycles. The van der Waals surface area contributed by atoms with Crippen LogP contribution in [0.25, 0.3) is 10.8 Å². The van der Waals surface area contributed by atoms with Crippen molar-refractivity contribution in [1.82, 2.24) is 14.8 Å². The summed E-state index contributed by atoms with van der Waals surface area (Å²) in [5.74, 6) is 0. The molecule has 2 heterocycles. The Labute approximate surface area is 118 Å². The van der Waals surface area contributed by atoms with E-state index in [9.17, 15) is 0 Å². The van der Waals surface area contributed by atoms with Gasteiger partial charge >= 0.3 is 0 Å². The predicted molar refractivity (Wildman–Crippen MR) is 80.4 cm³/mol. The van der Waals surface area contributed by atoms with E-state index < -0.39 is 0 Å². The third-order valence-corrected chi connectivity index (χ3v) is 3.68. The number of rotatable bonds is 3. The molecule has 0 amide bonds. The predicted octanol–water partition coefficient (Wildman–Crippen LogP) is 2.58. The maximum Gasteiger partial charge on any atom is 0.0744 e.